The first-order valence-electron chi connectivity index (χ1n) is 9.05. The Hall–Kier alpha value is -3.68. The standard InChI is InChI=1S/C21H20N2O6/c1-14-20(21(25)29-12-11-28-17-5-3-2-4-6-17)18(13-19(24)22-14)15-7-9-16(10-8-15)23(26)27/h2-10,18H,11-13H2,1H3,(H,22,24)/t18-/m0/s1. The lowest BCUT2D eigenvalue weighted by atomic mass is 9.84. The lowest BCUT2D eigenvalue weighted by Crippen LogP contribution is -2.34. The number of para-hydroxylation sites is 1. The van der Waals surface area contributed by atoms with Gasteiger partial charge < -0.3 is 14.8 Å². The summed E-state index contributed by atoms with van der Waals surface area (Å²) in [7, 11) is 0. The summed E-state index contributed by atoms with van der Waals surface area (Å²) >= 11 is 0. The number of hydrogen-bond acceptors (Lipinski definition) is 6. The van der Waals surface area contributed by atoms with Crippen molar-refractivity contribution in [3.63, 3.8) is 0 Å². The van der Waals surface area contributed by atoms with E-state index in [0.717, 1.165) is 0 Å². The predicted molar refractivity (Wildman–Crippen MR) is 104 cm³/mol. The Morgan fingerprint density at radius 3 is 2.48 bits per heavy atom. The first-order chi connectivity index (χ1) is 14.0. The molecule has 0 aromatic heterocycles. The number of esters is 1. The third-order valence-corrected chi connectivity index (χ3v) is 4.52. The van der Waals surface area contributed by atoms with Crippen molar-refractivity contribution in [1.29, 1.82) is 0 Å². The van der Waals surface area contributed by atoms with E-state index in [1.54, 1.807) is 31.2 Å². The topological polar surface area (TPSA) is 108 Å². The summed E-state index contributed by atoms with van der Waals surface area (Å²) in [5.74, 6) is -0.642. The number of nitro groups is 1. The summed E-state index contributed by atoms with van der Waals surface area (Å²) in [6.07, 6.45) is 0.0557. The Kier molecular flexibility index (Phi) is 6.23. The molecule has 0 aliphatic carbocycles. The van der Waals surface area contributed by atoms with Gasteiger partial charge >= 0.3 is 5.97 Å². The van der Waals surface area contributed by atoms with Gasteiger partial charge in [-0.2, -0.15) is 0 Å². The molecule has 29 heavy (non-hydrogen) atoms. The van der Waals surface area contributed by atoms with Crippen LogP contribution in [0.4, 0.5) is 5.69 Å². The van der Waals surface area contributed by atoms with Gasteiger partial charge in [-0.25, -0.2) is 4.79 Å². The predicted octanol–water partition coefficient (Wildman–Crippen LogP) is 3.09. The summed E-state index contributed by atoms with van der Waals surface area (Å²) in [5, 5.41) is 13.5. The Balaban J connectivity index is 1.69. The maximum absolute atomic E-state index is 12.7. The van der Waals surface area contributed by atoms with Crippen molar-refractivity contribution in [2.75, 3.05) is 13.2 Å². The zero-order valence-corrected chi connectivity index (χ0v) is 15.8. The number of rotatable bonds is 7. The number of carbonyl (C=O) groups is 2. The number of benzene rings is 2. The number of nitrogens with zero attached hydrogens (tertiary/aromatic N) is 1. The number of nitro benzene ring substituents is 1. The molecule has 2 aromatic rings. The van der Waals surface area contributed by atoms with Gasteiger partial charge in [0.15, 0.2) is 0 Å². The molecule has 1 aliphatic heterocycles. The Labute approximate surface area is 167 Å². The monoisotopic (exact) mass is 396 g/mol. The average molecular weight is 396 g/mol. The molecule has 150 valence electrons. The number of non-ortho nitro benzene ring substituents is 1. The summed E-state index contributed by atoms with van der Waals surface area (Å²) in [4.78, 5) is 35.0. The molecule has 8 heteroatoms. The van der Waals surface area contributed by atoms with Crippen molar-refractivity contribution in [2.24, 2.45) is 0 Å². The molecule has 0 spiro atoms. The van der Waals surface area contributed by atoms with Crippen LogP contribution in [-0.4, -0.2) is 30.0 Å². The Bertz CT molecular complexity index is 937. The molecule has 2 aromatic carbocycles. The molecule has 0 fully saturated rings. The van der Waals surface area contributed by atoms with Gasteiger partial charge in [-0.3, -0.25) is 14.9 Å². The van der Waals surface area contributed by atoms with E-state index in [4.69, 9.17) is 9.47 Å². The molecule has 1 N–H and O–H groups in total. The van der Waals surface area contributed by atoms with Gasteiger partial charge in [0.2, 0.25) is 5.91 Å². The van der Waals surface area contributed by atoms with E-state index in [1.165, 1.54) is 12.1 Å². The quantitative estimate of drug-likeness (QED) is 0.333. The summed E-state index contributed by atoms with van der Waals surface area (Å²) in [6, 6.07) is 15.0. The van der Waals surface area contributed by atoms with Crippen LogP contribution in [0.15, 0.2) is 65.9 Å². The van der Waals surface area contributed by atoms with Crippen molar-refractivity contribution < 1.29 is 24.0 Å². The molecule has 0 saturated carbocycles. The van der Waals surface area contributed by atoms with Crippen LogP contribution in [-0.2, 0) is 14.3 Å². The lowest BCUT2D eigenvalue weighted by Gasteiger charge is -2.26. The van der Waals surface area contributed by atoms with E-state index in [2.05, 4.69) is 5.32 Å². The molecule has 1 atom stereocenters. The van der Waals surface area contributed by atoms with E-state index < -0.39 is 16.8 Å². The molecule has 0 radical (unpaired) electrons. The van der Waals surface area contributed by atoms with E-state index in [0.29, 0.717) is 22.6 Å². The van der Waals surface area contributed by atoms with Crippen molar-refractivity contribution in [3.8, 4) is 5.75 Å². The largest absolute Gasteiger partial charge is 0.490 e. The first kappa shape index (κ1) is 20.1. The van der Waals surface area contributed by atoms with Crippen LogP contribution in [0.2, 0.25) is 0 Å². The maximum atomic E-state index is 12.7. The fourth-order valence-corrected chi connectivity index (χ4v) is 3.17. The third-order valence-electron chi connectivity index (χ3n) is 4.52. The van der Waals surface area contributed by atoms with Gasteiger partial charge in [-0.05, 0) is 24.6 Å². The highest BCUT2D eigenvalue weighted by atomic mass is 16.6. The zero-order chi connectivity index (χ0) is 20.8. The highest BCUT2D eigenvalue weighted by Crippen LogP contribution is 2.34. The van der Waals surface area contributed by atoms with Crippen molar-refractivity contribution >= 4 is 17.6 Å². The fourth-order valence-electron chi connectivity index (χ4n) is 3.17. The molecule has 8 nitrogen and oxygen atoms in total. The number of hydrogen-bond donors (Lipinski definition) is 1. The molecular weight excluding hydrogens is 376 g/mol. The van der Waals surface area contributed by atoms with Crippen molar-refractivity contribution in [3.05, 3.63) is 81.5 Å². The normalized spacial score (nSPS) is 16.2. The first-order valence-corrected chi connectivity index (χ1v) is 9.05. The third kappa shape index (κ3) is 4.98. The minimum Gasteiger partial charge on any atom is -0.490 e. The highest BCUT2D eigenvalue weighted by Gasteiger charge is 2.33. The molecule has 0 saturated heterocycles. The molecular formula is C21H20N2O6. The minimum atomic E-state index is -0.553. The van der Waals surface area contributed by atoms with E-state index in [-0.39, 0.29) is 31.2 Å². The van der Waals surface area contributed by atoms with Gasteiger partial charge in [0.1, 0.15) is 19.0 Å². The van der Waals surface area contributed by atoms with Crippen LogP contribution < -0.4 is 10.1 Å². The second kappa shape index (κ2) is 9.01. The second-order valence-electron chi connectivity index (χ2n) is 6.49. The van der Waals surface area contributed by atoms with E-state index in [9.17, 15) is 19.7 Å². The maximum Gasteiger partial charge on any atom is 0.336 e. The SMILES string of the molecule is CC1=C(C(=O)OCCOc2ccccc2)[C@H](c2ccc([N+](=O)[O-])cc2)CC(=O)N1. The molecule has 0 bridgehead atoms. The number of nitrogens with one attached hydrogen (secondary N) is 1. The number of allylic oxidation sites excluding steroid dienone is 1. The summed E-state index contributed by atoms with van der Waals surface area (Å²) in [6.45, 7) is 1.87. The number of amides is 1. The van der Waals surface area contributed by atoms with Crippen LogP contribution in [0.5, 0.6) is 5.75 Å². The van der Waals surface area contributed by atoms with Crippen LogP contribution in [0.25, 0.3) is 0 Å². The van der Waals surface area contributed by atoms with Crippen LogP contribution in [0.1, 0.15) is 24.8 Å². The van der Waals surface area contributed by atoms with E-state index >= 15 is 0 Å². The molecule has 1 heterocycles. The fraction of sp³-hybridized carbons (Fsp3) is 0.238. The zero-order valence-electron chi connectivity index (χ0n) is 15.8. The van der Waals surface area contributed by atoms with Crippen molar-refractivity contribution in [1.82, 2.24) is 5.32 Å². The van der Waals surface area contributed by atoms with E-state index in [1.807, 2.05) is 18.2 Å². The Morgan fingerprint density at radius 2 is 1.83 bits per heavy atom. The molecule has 0 unspecified atom stereocenters. The highest BCUT2D eigenvalue weighted by molar-refractivity contribution is 5.95. The lowest BCUT2D eigenvalue weighted by molar-refractivity contribution is -0.384. The van der Waals surface area contributed by atoms with Crippen molar-refractivity contribution in [2.45, 2.75) is 19.3 Å². The molecule has 1 aliphatic rings. The minimum absolute atomic E-state index is 0.0471. The summed E-state index contributed by atoms with van der Waals surface area (Å²) in [5.41, 5.74) is 1.32. The van der Waals surface area contributed by atoms with Gasteiger partial charge in [0.05, 0.1) is 10.5 Å². The number of ether oxygens (including phenoxy) is 2. The van der Waals surface area contributed by atoms with Crippen LogP contribution in [0, 0.1) is 10.1 Å². The van der Waals surface area contributed by atoms with Gasteiger partial charge in [-0.1, -0.05) is 30.3 Å². The second-order valence-corrected chi connectivity index (χ2v) is 6.49. The summed E-state index contributed by atoms with van der Waals surface area (Å²) < 4.78 is 10.8. The average Bonchev–Trinajstić information content (AvgIpc) is 2.71. The van der Waals surface area contributed by atoms with Crippen LogP contribution >= 0.6 is 0 Å². The molecule has 1 amide bonds. The number of carbonyl (C=O) groups excluding carboxylic acids is 2. The smallest absolute Gasteiger partial charge is 0.336 e. The van der Waals surface area contributed by atoms with Gasteiger partial charge in [-0.15, -0.1) is 0 Å². The Morgan fingerprint density at radius 1 is 1.14 bits per heavy atom. The molecule has 3 rings (SSSR count). The van der Waals surface area contributed by atoms with Gasteiger partial charge in [0, 0.05) is 30.2 Å². The van der Waals surface area contributed by atoms with Crippen LogP contribution in [0.3, 0.4) is 0 Å². The van der Waals surface area contributed by atoms with Gasteiger partial charge in [0.25, 0.3) is 5.69 Å².